The Morgan fingerprint density at radius 1 is 0.833 bits per heavy atom. The molecule has 0 fully saturated rings. The van der Waals surface area contributed by atoms with Gasteiger partial charge in [0.25, 0.3) is 5.79 Å². The van der Waals surface area contributed by atoms with E-state index in [9.17, 15) is 9.59 Å². The van der Waals surface area contributed by atoms with Crippen molar-refractivity contribution in [3.63, 3.8) is 0 Å². The minimum absolute atomic E-state index is 0.247. The van der Waals surface area contributed by atoms with E-state index < -0.39 is 23.1 Å². The number of carbonyl (C=O) groups excluding carboxylic acids is 2. The molecule has 0 aliphatic carbocycles. The molecule has 0 atom stereocenters. The van der Waals surface area contributed by atoms with Gasteiger partial charge in [-0.3, -0.25) is 0 Å². The van der Waals surface area contributed by atoms with Gasteiger partial charge in [-0.25, -0.2) is 9.59 Å². The van der Waals surface area contributed by atoms with E-state index in [0.29, 0.717) is 0 Å². The Balaban J connectivity index is 5.21. The Morgan fingerprint density at radius 3 is 1.28 bits per heavy atom. The van der Waals surface area contributed by atoms with Gasteiger partial charge in [-0.05, 0) is 13.8 Å². The van der Waals surface area contributed by atoms with Crippen LogP contribution < -0.4 is 0 Å². The zero-order chi connectivity index (χ0) is 14.7. The van der Waals surface area contributed by atoms with Crippen LogP contribution in [0.2, 0.25) is 0 Å². The van der Waals surface area contributed by atoms with Crippen molar-refractivity contribution in [3.05, 3.63) is 24.3 Å². The Morgan fingerprint density at radius 2 is 1.11 bits per heavy atom. The third kappa shape index (κ3) is 4.02. The summed E-state index contributed by atoms with van der Waals surface area (Å²) in [6.45, 7) is 17.1. The Kier molecular flexibility index (Phi) is 4.90. The zero-order valence-electron chi connectivity index (χ0n) is 12.0. The van der Waals surface area contributed by atoms with E-state index in [4.69, 9.17) is 9.47 Å². The summed E-state index contributed by atoms with van der Waals surface area (Å²) in [6.07, 6.45) is 0. The third-order valence-electron chi connectivity index (χ3n) is 2.63. The number of hydrogen-bond acceptors (Lipinski definition) is 4. The van der Waals surface area contributed by atoms with E-state index in [-0.39, 0.29) is 11.1 Å². The van der Waals surface area contributed by atoms with Crippen LogP contribution in [0.1, 0.15) is 41.5 Å². The number of ether oxygens (including phenoxy) is 2. The monoisotopic (exact) mass is 254 g/mol. The normalized spacial score (nSPS) is 11.7. The van der Waals surface area contributed by atoms with Crippen LogP contribution in [-0.2, 0) is 19.1 Å². The highest BCUT2D eigenvalue weighted by Crippen LogP contribution is 2.35. The zero-order valence-corrected chi connectivity index (χ0v) is 12.0. The summed E-state index contributed by atoms with van der Waals surface area (Å²) in [7, 11) is 0. The fraction of sp³-hybridized carbons (Fsp3) is 0.571. The number of esters is 2. The van der Waals surface area contributed by atoms with E-state index in [2.05, 4.69) is 13.2 Å². The third-order valence-corrected chi connectivity index (χ3v) is 2.63. The van der Waals surface area contributed by atoms with Crippen molar-refractivity contribution in [3.8, 4) is 0 Å². The molecule has 0 aliphatic rings. The Hall–Kier alpha value is -1.58. The highest BCUT2D eigenvalue weighted by atomic mass is 16.7. The molecule has 0 aromatic rings. The van der Waals surface area contributed by atoms with Gasteiger partial charge in [-0.2, -0.15) is 0 Å². The minimum Gasteiger partial charge on any atom is -0.419 e. The predicted molar refractivity (Wildman–Crippen MR) is 69.7 cm³/mol. The number of hydrogen-bond donors (Lipinski definition) is 0. The maximum atomic E-state index is 11.6. The molecule has 0 amide bonds. The maximum Gasteiger partial charge on any atom is 0.336 e. The minimum atomic E-state index is -1.38. The lowest BCUT2D eigenvalue weighted by molar-refractivity contribution is -0.251. The van der Waals surface area contributed by atoms with Gasteiger partial charge in [-0.15, -0.1) is 0 Å². The molecule has 0 saturated carbocycles. The standard InChI is InChI=1S/C14H22O4/c1-9(2)11(15)17-14(8,13(5,6)7)18-12(16)10(3)4/h1,3H2,2,4-8H3. The van der Waals surface area contributed by atoms with Gasteiger partial charge in [0.15, 0.2) is 0 Å². The first-order chi connectivity index (χ1) is 7.90. The van der Waals surface area contributed by atoms with Gasteiger partial charge in [0.05, 0.1) is 0 Å². The van der Waals surface area contributed by atoms with Crippen LogP contribution in [0.15, 0.2) is 24.3 Å². The largest absolute Gasteiger partial charge is 0.419 e. The van der Waals surface area contributed by atoms with Crippen LogP contribution in [-0.4, -0.2) is 17.7 Å². The van der Waals surface area contributed by atoms with Gasteiger partial charge < -0.3 is 9.47 Å². The van der Waals surface area contributed by atoms with Crippen molar-refractivity contribution >= 4 is 11.9 Å². The molecule has 0 bridgehead atoms. The van der Waals surface area contributed by atoms with Gasteiger partial charge in [0.2, 0.25) is 0 Å². The van der Waals surface area contributed by atoms with Gasteiger partial charge in [-0.1, -0.05) is 33.9 Å². The molecule has 0 saturated heterocycles. The topological polar surface area (TPSA) is 52.6 Å². The summed E-state index contributed by atoms with van der Waals surface area (Å²) in [5.41, 5.74) is -0.0860. The highest BCUT2D eigenvalue weighted by Gasteiger charge is 2.45. The van der Waals surface area contributed by atoms with Crippen LogP contribution >= 0.6 is 0 Å². The van der Waals surface area contributed by atoms with Gasteiger partial charge in [0.1, 0.15) is 0 Å². The van der Waals surface area contributed by atoms with E-state index >= 15 is 0 Å². The molecule has 102 valence electrons. The summed E-state index contributed by atoms with van der Waals surface area (Å²) in [6, 6.07) is 0. The quantitative estimate of drug-likeness (QED) is 0.439. The summed E-state index contributed by atoms with van der Waals surface area (Å²) in [5.74, 6) is -2.57. The molecule has 18 heavy (non-hydrogen) atoms. The molecule has 0 aliphatic heterocycles. The lowest BCUT2D eigenvalue weighted by atomic mass is 9.86. The summed E-state index contributed by atoms with van der Waals surface area (Å²) in [5, 5.41) is 0. The van der Waals surface area contributed by atoms with E-state index in [0.717, 1.165) is 0 Å². The number of carbonyl (C=O) groups is 2. The van der Waals surface area contributed by atoms with E-state index in [1.54, 1.807) is 6.92 Å². The molecule has 0 aromatic carbocycles. The van der Waals surface area contributed by atoms with Crippen molar-refractivity contribution in [2.45, 2.75) is 47.3 Å². The van der Waals surface area contributed by atoms with Gasteiger partial charge >= 0.3 is 11.9 Å². The summed E-state index contributed by atoms with van der Waals surface area (Å²) >= 11 is 0. The lowest BCUT2D eigenvalue weighted by Gasteiger charge is -2.39. The average molecular weight is 254 g/mol. The average Bonchev–Trinajstić information content (AvgIpc) is 2.14. The van der Waals surface area contributed by atoms with Crippen molar-refractivity contribution < 1.29 is 19.1 Å². The Labute approximate surface area is 109 Å². The predicted octanol–water partition coefficient (Wildman–Crippen LogP) is 2.99. The second-order valence-electron chi connectivity index (χ2n) is 5.54. The first kappa shape index (κ1) is 16.4. The fourth-order valence-corrected chi connectivity index (χ4v) is 0.855. The molecule has 0 N–H and O–H groups in total. The molecule has 4 nitrogen and oxygen atoms in total. The van der Waals surface area contributed by atoms with Crippen LogP contribution in [0.5, 0.6) is 0 Å². The molecule has 0 unspecified atom stereocenters. The van der Waals surface area contributed by atoms with Crippen molar-refractivity contribution in [2.75, 3.05) is 0 Å². The van der Waals surface area contributed by atoms with E-state index in [1.807, 2.05) is 20.8 Å². The van der Waals surface area contributed by atoms with E-state index in [1.165, 1.54) is 13.8 Å². The van der Waals surface area contributed by atoms with Crippen LogP contribution in [0, 0.1) is 5.41 Å². The summed E-state index contributed by atoms with van der Waals surface area (Å²) in [4.78, 5) is 23.2. The maximum absolute atomic E-state index is 11.6. The SMILES string of the molecule is C=C(C)C(=O)OC(C)(OC(=O)C(=C)C)C(C)(C)C. The van der Waals surface area contributed by atoms with Crippen molar-refractivity contribution in [2.24, 2.45) is 5.41 Å². The van der Waals surface area contributed by atoms with Crippen LogP contribution in [0.3, 0.4) is 0 Å². The molecular weight excluding hydrogens is 232 g/mol. The molecule has 0 radical (unpaired) electrons. The van der Waals surface area contributed by atoms with Crippen LogP contribution in [0.25, 0.3) is 0 Å². The second-order valence-corrected chi connectivity index (χ2v) is 5.54. The van der Waals surface area contributed by atoms with Gasteiger partial charge in [0, 0.05) is 23.5 Å². The smallest absolute Gasteiger partial charge is 0.336 e. The molecule has 0 rings (SSSR count). The summed E-state index contributed by atoms with van der Waals surface area (Å²) < 4.78 is 10.5. The molecule has 0 spiro atoms. The number of rotatable bonds is 4. The molecule has 0 aromatic heterocycles. The lowest BCUT2D eigenvalue weighted by Crippen LogP contribution is -2.48. The second kappa shape index (κ2) is 5.38. The molecule has 0 heterocycles. The van der Waals surface area contributed by atoms with Crippen LogP contribution in [0.4, 0.5) is 0 Å². The molecule has 4 heteroatoms. The fourth-order valence-electron chi connectivity index (χ4n) is 0.855. The molecular formula is C14H22O4. The Bertz CT molecular complexity index is 357. The van der Waals surface area contributed by atoms with Crippen molar-refractivity contribution in [1.29, 1.82) is 0 Å². The highest BCUT2D eigenvalue weighted by molar-refractivity contribution is 5.89. The first-order valence-corrected chi connectivity index (χ1v) is 5.68. The van der Waals surface area contributed by atoms with Crippen molar-refractivity contribution in [1.82, 2.24) is 0 Å². The first-order valence-electron chi connectivity index (χ1n) is 5.68.